The summed E-state index contributed by atoms with van der Waals surface area (Å²) < 4.78 is 29.6. The molecule has 0 bridgehead atoms. The van der Waals surface area contributed by atoms with E-state index in [9.17, 15) is 9.86 Å². The van der Waals surface area contributed by atoms with Crippen molar-refractivity contribution in [3.8, 4) is 0 Å². The molecule has 0 aliphatic heterocycles. The van der Waals surface area contributed by atoms with Gasteiger partial charge in [-0.3, -0.25) is 0 Å². The van der Waals surface area contributed by atoms with Crippen LogP contribution in [0.1, 0.15) is 0 Å². The van der Waals surface area contributed by atoms with Gasteiger partial charge in [0.2, 0.25) is 0 Å². The van der Waals surface area contributed by atoms with E-state index in [2.05, 4.69) is 0 Å². The molecule has 7 heteroatoms. The molecule has 0 spiro atoms. The second-order valence-electron chi connectivity index (χ2n) is 0.247. The van der Waals surface area contributed by atoms with Crippen LogP contribution in [0.2, 0.25) is 0 Å². The van der Waals surface area contributed by atoms with Crippen LogP contribution in [0.25, 0.3) is 0 Å². The first-order valence-electron chi connectivity index (χ1n) is 0.655. The van der Waals surface area contributed by atoms with Crippen molar-refractivity contribution in [1.82, 2.24) is 0 Å². The fraction of sp³-hybridized carbons (Fsp3) is 0. The Morgan fingerprint density at radius 1 is 0.714 bits per heavy atom. The number of halogens is 3. The van der Waals surface area contributed by atoms with Crippen LogP contribution in [0.15, 0.2) is 0 Å². The number of hydrogen-bond acceptors (Lipinski definition) is 0. The fourth-order valence-electron chi connectivity index (χ4n) is 0. The molecule has 0 aromatic rings. The molecule has 48 valence electrons. The zero-order chi connectivity index (χ0) is 3.58. The molecule has 0 radical (unpaired) electrons. The fourth-order valence-corrected chi connectivity index (χ4v) is 0. The quantitative estimate of drug-likeness (QED) is 0.402. The topological polar surface area (TPSA) is 94.5 Å². The SMILES string of the molecule is O.O.O.[F][Ga]([F])[F]. The van der Waals surface area contributed by atoms with E-state index in [-0.39, 0.29) is 16.4 Å². The van der Waals surface area contributed by atoms with E-state index in [4.69, 9.17) is 0 Å². The van der Waals surface area contributed by atoms with E-state index >= 15 is 0 Å². The first-order valence-corrected chi connectivity index (χ1v) is 3.40. The normalized spacial score (nSPS) is 3.86. The van der Waals surface area contributed by atoms with Crippen LogP contribution in [0.5, 0.6) is 0 Å². The Kier molecular flexibility index (Phi) is 61.7. The van der Waals surface area contributed by atoms with Gasteiger partial charge in [-0.25, -0.2) is 0 Å². The second kappa shape index (κ2) is 16.2. The molecular weight excluding hydrogens is 175 g/mol. The van der Waals surface area contributed by atoms with E-state index in [1.807, 2.05) is 0 Å². The summed E-state index contributed by atoms with van der Waals surface area (Å²) in [4.78, 5) is 0. The summed E-state index contributed by atoms with van der Waals surface area (Å²) in [7, 11) is 0. The van der Waals surface area contributed by atoms with Crippen LogP contribution in [0.4, 0.5) is 9.86 Å². The summed E-state index contributed by atoms with van der Waals surface area (Å²) >= 11 is -4.98. The van der Waals surface area contributed by atoms with E-state index in [1.165, 1.54) is 0 Å². The molecule has 0 aromatic heterocycles. The van der Waals surface area contributed by atoms with Crippen LogP contribution in [-0.2, 0) is 0 Å². The van der Waals surface area contributed by atoms with E-state index in [0.717, 1.165) is 0 Å². The van der Waals surface area contributed by atoms with Gasteiger partial charge >= 0.3 is 27.6 Å². The van der Waals surface area contributed by atoms with Crippen molar-refractivity contribution < 1.29 is 26.3 Å². The van der Waals surface area contributed by atoms with Gasteiger partial charge in [0.1, 0.15) is 0 Å². The average Bonchev–Trinajstić information content (AvgIpc) is 0.811. The van der Waals surface area contributed by atoms with Crippen LogP contribution in [0.3, 0.4) is 0 Å². The van der Waals surface area contributed by atoms with Crippen molar-refractivity contribution in [3.05, 3.63) is 0 Å². The van der Waals surface area contributed by atoms with Crippen molar-refractivity contribution in [2.75, 3.05) is 0 Å². The summed E-state index contributed by atoms with van der Waals surface area (Å²) in [6.45, 7) is 0. The molecule has 0 amide bonds. The Hall–Kier alpha value is 0.306. The standard InChI is InChI=1S/3FH.Ga.3H2O/h3*1H;;3*1H2/q;;;+3;;;/p-3. The molecule has 0 saturated heterocycles. The maximum absolute atomic E-state index is 9.85. The zero-order valence-electron chi connectivity index (χ0n) is 3.21. The number of hydrogen-bond donors (Lipinski definition) is 0. The van der Waals surface area contributed by atoms with E-state index in [1.54, 1.807) is 0 Å². The minimum absolute atomic E-state index is 0. The molecule has 0 atom stereocenters. The third-order valence-electron chi connectivity index (χ3n) is 0. The molecule has 0 saturated carbocycles. The molecule has 6 N–H and O–H groups in total. The van der Waals surface area contributed by atoms with Gasteiger partial charge in [-0.15, -0.1) is 0 Å². The molecule has 7 heavy (non-hydrogen) atoms. The molecular formula is H6F3GaO3. The minimum atomic E-state index is -4.98. The van der Waals surface area contributed by atoms with Gasteiger partial charge in [-0.2, -0.15) is 0 Å². The summed E-state index contributed by atoms with van der Waals surface area (Å²) in [5.74, 6) is 0. The van der Waals surface area contributed by atoms with Gasteiger partial charge in [0.05, 0.1) is 0 Å². The van der Waals surface area contributed by atoms with Crippen molar-refractivity contribution in [2.24, 2.45) is 0 Å². The third-order valence-corrected chi connectivity index (χ3v) is 0. The van der Waals surface area contributed by atoms with Crippen molar-refractivity contribution in [3.63, 3.8) is 0 Å². The van der Waals surface area contributed by atoms with Crippen LogP contribution in [0, 0.1) is 0 Å². The molecule has 3 nitrogen and oxygen atoms in total. The Bertz CT molecular complexity index is 14.9. The molecule has 0 aliphatic rings. The molecule has 0 heterocycles. The third kappa shape index (κ3) is 1250. The summed E-state index contributed by atoms with van der Waals surface area (Å²) in [6, 6.07) is 0. The van der Waals surface area contributed by atoms with Crippen LogP contribution < -0.4 is 0 Å². The summed E-state index contributed by atoms with van der Waals surface area (Å²) in [6.07, 6.45) is 0. The Balaban J connectivity index is -0.0000000150. The van der Waals surface area contributed by atoms with E-state index < -0.39 is 17.7 Å². The van der Waals surface area contributed by atoms with Crippen molar-refractivity contribution >= 4 is 17.7 Å². The maximum atomic E-state index is 9.85. The summed E-state index contributed by atoms with van der Waals surface area (Å²) in [5, 5.41) is 0. The monoisotopic (exact) mass is 180 g/mol. The van der Waals surface area contributed by atoms with E-state index in [0.29, 0.717) is 0 Å². The first-order chi connectivity index (χ1) is 1.73. The summed E-state index contributed by atoms with van der Waals surface area (Å²) in [5.41, 5.74) is 0. The Labute approximate surface area is 44.9 Å². The predicted octanol–water partition coefficient (Wildman–Crippen LogP) is -1.59. The van der Waals surface area contributed by atoms with Gasteiger partial charge in [0.15, 0.2) is 0 Å². The molecule has 0 fully saturated rings. The van der Waals surface area contributed by atoms with Crippen LogP contribution in [-0.4, -0.2) is 34.2 Å². The van der Waals surface area contributed by atoms with Crippen LogP contribution >= 0.6 is 0 Å². The Morgan fingerprint density at radius 2 is 0.714 bits per heavy atom. The molecule has 0 aromatic carbocycles. The van der Waals surface area contributed by atoms with Gasteiger partial charge in [-0.05, 0) is 0 Å². The molecule has 0 aliphatic carbocycles. The molecule has 0 unspecified atom stereocenters. The van der Waals surface area contributed by atoms with Gasteiger partial charge in [0, 0.05) is 0 Å². The van der Waals surface area contributed by atoms with Crippen molar-refractivity contribution in [1.29, 1.82) is 0 Å². The first kappa shape index (κ1) is 26.6. The van der Waals surface area contributed by atoms with Gasteiger partial charge in [-0.1, -0.05) is 0 Å². The number of rotatable bonds is 0. The van der Waals surface area contributed by atoms with Crippen molar-refractivity contribution in [2.45, 2.75) is 0 Å². The average molecular weight is 181 g/mol. The molecule has 0 rings (SSSR count). The van der Waals surface area contributed by atoms with Gasteiger partial charge in [0.25, 0.3) is 0 Å². The van der Waals surface area contributed by atoms with Gasteiger partial charge < -0.3 is 16.4 Å². The second-order valence-corrected chi connectivity index (χ2v) is 1.29. The zero-order valence-corrected chi connectivity index (χ0v) is 5.63. The predicted molar refractivity (Wildman–Crippen MR) is 19.9 cm³/mol. The Morgan fingerprint density at radius 3 is 0.714 bits per heavy atom.